The van der Waals surface area contributed by atoms with Crippen LogP contribution in [-0.2, 0) is 13.5 Å². The summed E-state index contributed by atoms with van der Waals surface area (Å²) in [5.41, 5.74) is 0.138. The van der Waals surface area contributed by atoms with Crippen LogP contribution in [0.15, 0.2) is 12.2 Å². The van der Waals surface area contributed by atoms with Gasteiger partial charge in [-0.3, -0.25) is 0 Å². The second kappa shape index (κ2) is 4.31. The molecule has 1 aromatic rings. The zero-order valence-corrected chi connectivity index (χ0v) is 9.61. The second-order valence-corrected chi connectivity index (χ2v) is 4.49. The maximum atomic E-state index is 6.08. The average Bonchev–Trinajstić information content (AvgIpc) is 2.65. The van der Waals surface area contributed by atoms with Crippen molar-refractivity contribution >= 4 is 11.6 Å². The fourth-order valence-electron chi connectivity index (χ4n) is 2.00. The third-order valence-corrected chi connectivity index (χ3v) is 3.49. The van der Waals surface area contributed by atoms with E-state index in [4.69, 9.17) is 11.6 Å². The first-order valence-corrected chi connectivity index (χ1v) is 5.71. The maximum Gasteiger partial charge on any atom is 0.175 e. The fraction of sp³-hybridized carbons (Fsp3) is 0.700. The Hall–Kier alpha value is -0.900. The van der Waals surface area contributed by atoms with E-state index in [0.717, 1.165) is 31.5 Å². The number of hydrogen-bond donors (Lipinski definition) is 0. The van der Waals surface area contributed by atoms with Crippen LogP contribution < -0.4 is 0 Å². The van der Waals surface area contributed by atoms with E-state index in [9.17, 15) is 0 Å². The topological polar surface area (TPSA) is 43.6 Å². The molecule has 1 aromatic heterocycles. The Balaban J connectivity index is 2.10. The van der Waals surface area contributed by atoms with Crippen molar-refractivity contribution in [2.75, 3.05) is 5.88 Å². The number of nitrogens with zero attached hydrogens (tertiary/aromatic N) is 4. The van der Waals surface area contributed by atoms with E-state index in [1.807, 2.05) is 0 Å². The van der Waals surface area contributed by atoms with Gasteiger partial charge in [0.15, 0.2) is 5.82 Å². The van der Waals surface area contributed by atoms with Crippen LogP contribution in [0.3, 0.4) is 0 Å². The molecule has 1 heterocycles. The van der Waals surface area contributed by atoms with Crippen LogP contribution in [0.1, 0.15) is 25.1 Å². The number of rotatable bonds is 3. The third kappa shape index (κ3) is 2.37. The van der Waals surface area contributed by atoms with Crippen molar-refractivity contribution in [1.29, 1.82) is 0 Å². The van der Waals surface area contributed by atoms with Crippen LogP contribution >= 0.6 is 11.6 Å². The minimum absolute atomic E-state index is 0.138. The largest absolute Gasteiger partial charge is 0.175 e. The van der Waals surface area contributed by atoms with Crippen LogP contribution in [0, 0.1) is 5.41 Å². The van der Waals surface area contributed by atoms with E-state index in [0.29, 0.717) is 5.88 Å². The van der Waals surface area contributed by atoms with Crippen LogP contribution in [0.25, 0.3) is 0 Å². The van der Waals surface area contributed by atoms with Crippen molar-refractivity contribution < 1.29 is 0 Å². The molecule has 0 spiro atoms. The summed E-state index contributed by atoms with van der Waals surface area (Å²) in [6.07, 6.45) is 8.50. The lowest BCUT2D eigenvalue weighted by atomic mass is 9.76. The summed E-state index contributed by atoms with van der Waals surface area (Å²) < 4.78 is 0. The van der Waals surface area contributed by atoms with Gasteiger partial charge in [-0.2, -0.15) is 4.80 Å². The Bertz CT molecular complexity index is 360. The van der Waals surface area contributed by atoms with Crippen molar-refractivity contribution in [3.63, 3.8) is 0 Å². The van der Waals surface area contributed by atoms with Crippen molar-refractivity contribution in [1.82, 2.24) is 20.2 Å². The number of halogens is 1. The van der Waals surface area contributed by atoms with E-state index in [-0.39, 0.29) is 5.41 Å². The van der Waals surface area contributed by atoms with Crippen molar-refractivity contribution in [3.8, 4) is 0 Å². The van der Waals surface area contributed by atoms with Gasteiger partial charge in [0, 0.05) is 12.3 Å². The maximum absolute atomic E-state index is 6.08. The van der Waals surface area contributed by atoms with Crippen LogP contribution in [0.5, 0.6) is 0 Å². The van der Waals surface area contributed by atoms with Gasteiger partial charge < -0.3 is 0 Å². The summed E-state index contributed by atoms with van der Waals surface area (Å²) in [4.78, 5) is 1.50. The summed E-state index contributed by atoms with van der Waals surface area (Å²) in [7, 11) is 1.78. The SMILES string of the molecule is Cn1nnc(CC2(CCl)CC=CCC2)n1. The second-order valence-electron chi connectivity index (χ2n) is 4.22. The summed E-state index contributed by atoms with van der Waals surface area (Å²) >= 11 is 6.08. The summed E-state index contributed by atoms with van der Waals surface area (Å²) in [6.45, 7) is 0. The van der Waals surface area contributed by atoms with Gasteiger partial charge in [-0.05, 0) is 29.9 Å². The number of tetrazole rings is 1. The predicted molar refractivity (Wildman–Crippen MR) is 58.6 cm³/mol. The van der Waals surface area contributed by atoms with Gasteiger partial charge in [0.25, 0.3) is 0 Å². The molecule has 0 aromatic carbocycles. The molecule has 1 unspecified atom stereocenters. The molecule has 0 bridgehead atoms. The lowest BCUT2D eigenvalue weighted by Crippen LogP contribution is -2.27. The van der Waals surface area contributed by atoms with Gasteiger partial charge in [0.05, 0.1) is 7.05 Å². The van der Waals surface area contributed by atoms with Gasteiger partial charge >= 0.3 is 0 Å². The molecule has 1 atom stereocenters. The Labute approximate surface area is 94.3 Å². The smallest absolute Gasteiger partial charge is 0.167 e. The molecule has 0 fully saturated rings. The summed E-state index contributed by atoms with van der Waals surface area (Å²) in [5, 5.41) is 12.1. The standard InChI is InChI=1S/C10H15ClN4/c1-15-13-9(12-14-15)7-10(8-11)5-3-2-4-6-10/h2-3H,4-8H2,1H3. The number of allylic oxidation sites excluding steroid dienone is 2. The van der Waals surface area contributed by atoms with Gasteiger partial charge in [0.2, 0.25) is 0 Å². The minimum atomic E-state index is 0.138. The van der Waals surface area contributed by atoms with Crippen LogP contribution in [0.2, 0.25) is 0 Å². The molecule has 15 heavy (non-hydrogen) atoms. The van der Waals surface area contributed by atoms with Gasteiger partial charge in [-0.1, -0.05) is 12.2 Å². The Morgan fingerprint density at radius 3 is 2.93 bits per heavy atom. The highest BCUT2D eigenvalue weighted by Crippen LogP contribution is 2.36. The van der Waals surface area contributed by atoms with E-state index in [2.05, 4.69) is 27.6 Å². The lowest BCUT2D eigenvalue weighted by molar-refractivity contribution is 0.289. The predicted octanol–water partition coefficient (Wildman–Crippen LogP) is 1.72. The Morgan fingerprint density at radius 2 is 2.40 bits per heavy atom. The van der Waals surface area contributed by atoms with Gasteiger partial charge in [0.1, 0.15) is 0 Å². The van der Waals surface area contributed by atoms with E-state index in [1.54, 1.807) is 7.05 Å². The van der Waals surface area contributed by atoms with Crippen LogP contribution in [-0.4, -0.2) is 26.1 Å². The number of alkyl halides is 1. The van der Waals surface area contributed by atoms with Gasteiger partial charge in [-0.25, -0.2) is 0 Å². The highest BCUT2D eigenvalue weighted by Gasteiger charge is 2.31. The molecular weight excluding hydrogens is 212 g/mol. The van der Waals surface area contributed by atoms with E-state index >= 15 is 0 Å². The molecule has 5 heteroatoms. The Morgan fingerprint density at radius 1 is 1.53 bits per heavy atom. The quantitative estimate of drug-likeness (QED) is 0.582. The molecule has 0 saturated carbocycles. The van der Waals surface area contributed by atoms with Crippen molar-refractivity contribution in [2.24, 2.45) is 12.5 Å². The first-order chi connectivity index (χ1) is 7.24. The Kier molecular flexibility index (Phi) is 3.05. The molecule has 82 valence electrons. The van der Waals surface area contributed by atoms with Gasteiger partial charge in [-0.15, -0.1) is 21.8 Å². The molecule has 4 nitrogen and oxygen atoms in total. The normalized spacial score (nSPS) is 25.7. The number of aryl methyl sites for hydroxylation is 1. The minimum Gasteiger partial charge on any atom is -0.167 e. The van der Waals surface area contributed by atoms with Crippen molar-refractivity contribution in [2.45, 2.75) is 25.7 Å². The van der Waals surface area contributed by atoms with Crippen LogP contribution in [0.4, 0.5) is 0 Å². The highest BCUT2D eigenvalue weighted by atomic mass is 35.5. The molecule has 0 saturated heterocycles. The van der Waals surface area contributed by atoms with E-state index < -0.39 is 0 Å². The zero-order valence-electron chi connectivity index (χ0n) is 8.86. The first kappa shape index (κ1) is 10.6. The molecule has 2 rings (SSSR count). The molecule has 1 aliphatic carbocycles. The number of aromatic nitrogens is 4. The van der Waals surface area contributed by atoms with E-state index in [1.165, 1.54) is 4.80 Å². The molecule has 0 radical (unpaired) electrons. The summed E-state index contributed by atoms with van der Waals surface area (Å²) in [5.74, 6) is 1.46. The average molecular weight is 227 g/mol. The molecule has 0 N–H and O–H groups in total. The first-order valence-electron chi connectivity index (χ1n) is 5.18. The lowest BCUT2D eigenvalue weighted by Gasteiger charge is -2.31. The zero-order chi connectivity index (χ0) is 10.7. The molecule has 0 amide bonds. The van der Waals surface area contributed by atoms with Crippen molar-refractivity contribution in [3.05, 3.63) is 18.0 Å². The highest BCUT2D eigenvalue weighted by molar-refractivity contribution is 6.18. The molecule has 0 aliphatic heterocycles. The number of hydrogen-bond acceptors (Lipinski definition) is 3. The molecular formula is C10H15ClN4. The summed E-state index contributed by atoms with van der Waals surface area (Å²) in [6, 6.07) is 0. The third-order valence-electron chi connectivity index (χ3n) is 2.93. The fourth-order valence-corrected chi connectivity index (χ4v) is 2.34. The molecule has 1 aliphatic rings. The monoisotopic (exact) mass is 226 g/mol.